The topological polar surface area (TPSA) is 103 Å². The van der Waals surface area contributed by atoms with Gasteiger partial charge >= 0.3 is 6.09 Å². The molecule has 0 atom stereocenters. The molecular formula is C10H14N4O2. The van der Waals surface area contributed by atoms with Crippen molar-refractivity contribution >= 4 is 17.7 Å². The summed E-state index contributed by atoms with van der Waals surface area (Å²) in [5.41, 5.74) is 11.2. The number of nitrogens with zero attached hydrogens (tertiary/aromatic N) is 1. The van der Waals surface area contributed by atoms with Crippen LogP contribution in [0.5, 0.6) is 0 Å². The fourth-order valence-corrected chi connectivity index (χ4v) is 1.02. The Kier molecular flexibility index (Phi) is 4.65. The average Bonchev–Trinajstić information content (AvgIpc) is 2.25. The molecule has 1 rings (SSSR count). The minimum absolute atomic E-state index is 0.118. The third kappa shape index (κ3) is 4.85. The smallest absolute Gasteiger partial charge is 0.404 e. The van der Waals surface area contributed by atoms with E-state index >= 15 is 0 Å². The number of hydrogen-bond acceptors (Lipinski definition) is 3. The van der Waals surface area contributed by atoms with E-state index in [2.05, 4.69) is 15.0 Å². The van der Waals surface area contributed by atoms with Crippen molar-refractivity contribution in [3.63, 3.8) is 0 Å². The number of ether oxygens (including phenoxy) is 1. The Morgan fingerprint density at radius 2 is 2.00 bits per heavy atom. The third-order valence-corrected chi connectivity index (χ3v) is 1.66. The van der Waals surface area contributed by atoms with Crippen LogP contribution in [-0.4, -0.2) is 25.2 Å². The van der Waals surface area contributed by atoms with Crippen LogP contribution in [0, 0.1) is 0 Å². The summed E-state index contributed by atoms with van der Waals surface area (Å²) in [6, 6.07) is 9.39. The molecule has 6 nitrogen and oxygen atoms in total. The van der Waals surface area contributed by atoms with E-state index in [0.717, 1.165) is 5.69 Å². The van der Waals surface area contributed by atoms with E-state index in [9.17, 15) is 4.79 Å². The van der Waals surface area contributed by atoms with Crippen molar-refractivity contribution in [2.75, 3.05) is 18.5 Å². The summed E-state index contributed by atoms with van der Waals surface area (Å²) in [4.78, 5) is 14.2. The first-order chi connectivity index (χ1) is 7.68. The largest absolute Gasteiger partial charge is 0.448 e. The number of aliphatic imine (C=N–C) groups is 1. The van der Waals surface area contributed by atoms with E-state index in [4.69, 9.17) is 11.5 Å². The van der Waals surface area contributed by atoms with Crippen LogP contribution in [0.4, 0.5) is 10.5 Å². The number of carbonyl (C=O) groups excluding carboxylic acids is 1. The molecule has 16 heavy (non-hydrogen) atoms. The van der Waals surface area contributed by atoms with Crippen molar-refractivity contribution in [2.24, 2.45) is 16.5 Å². The monoisotopic (exact) mass is 222 g/mol. The predicted molar refractivity (Wildman–Crippen MR) is 62.1 cm³/mol. The molecule has 0 aliphatic carbocycles. The highest BCUT2D eigenvalue weighted by molar-refractivity contribution is 5.92. The second-order valence-electron chi connectivity index (χ2n) is 2.93. The number of nitrogens with one attached hydrogen (secondary N) is 1. The van der Waals surface area contributed by atoms with Crippen LogP contribution in [-0.2, 0) is 4.74 Å². The summed E-state index contributed by atoms with van der Waals surface area (Å²) in [6.45, 7) is 0.390. The molecule has 0 fully saturated rings. The van der Waals surface area contributed by atoms with E-state index < -0.39 is 6.09 Å². The van der Waals surface area contributed by atoms with Crippen LogP contribution in [0.2, 0.25) is 0 Å². The minimum atomic E-state index is -0.815. The normalized spacial score (nSPS) is 10.9. The van der Waals surface area contributed by atoms with Crippen LogP contribution in [0.25, 0.3) is 0 Å². The van der Waals surface area contributed by atoms with Crippen LogP contribution >= 0.6 is 0 Å². The SMILES string of the molecule is NC(=O)OCCN=C(N)Nc1ccccc1. The zero-order valence-corrected chi connectivity index (χ0v) is 8.72. The van der Waals surface area contributed by atoms with Gasteiger partial charge < -0.3 is 21.5 Å². The molecule has 0 unspecified atom stereocenters. The Bertz CT molecular complexity index is 364. The van der Waals surface area contributed by atoms with Gasteiger partial charge in [0.25, 0.3) is 0 Å². The van der Waals surface area contributed by atoms with Crippen LogP contribution in [0.15, 0.2) is 35.3 Å². The van der Waals surface area contributed by atoms with Crippen molar-refractivity contribution in [1.29, 1.82) is 0 Å². The lowest BCUT2D eigenvalue weighted by Gasteiger charge is -2.04. The molecule has 1 aromatic rings. The number of hydrogen-bond donors (Lipinski definition) is 3. The van der Waals surface area contributed by atoms with Crippen LogP contribution < -0.4 is 16.8 Å². The zero-order chi connectivity index (χ0) is 11.8. The molecule has 0 bridgehead atoms. The van der Waals surface area contributed by atoms with E-state index in [-0.39, 0.29) is 19.1 Å². The standard InChI is InChI=1S/C10H14N4O2/c11-9(13-6-7-16-10(12)15)14-8-4-2-1-3-5-8/h1-5H,6-7H2,(H2,12,15)(H3,11,13,14). The molecule has 0 aliphatic rings. The molecule has 0 spiro atoms. The predicted octanol–water partition coefficient (Wildman–Crippen LogP) is 0.508. The molecule has 0 saturated carbocycles. The Morgan fingerprint density at radius 3 is 2.62 bits per heavy atom. The van der Waals surface area contributed by atoms with Gasteiger partial charge in [0.15, 0.2) is 5.96 Å². The maximum absolute atomic E-state index is 10.2. The number of primary amides is 1. The fourth-order valence-electron chi connectivity index (χ4n) is 1.02. The summed E-state index contributed by atoms with van der Waals surface area (Å²) in [5, 5.41) is 2.89. The molecule has 0 aromatic heterocycles. The van der Waals surface area contributed by atoms with Crippen LogP contribution in [0.1, 0.15) is 0 Å². The Balaban J connectivity index is 2.32. The third-order valence-electron chi connectivity index (χ3n) is 1.66. The highest BCUT2D eigenvalue weighted by Gasteiger charge is 1.94. The number of amides is 1. The first-order valence-electron chi connectivity index (χ1n) is 4.72. The number of anilines is 1. The van der Waals surface area contributed by atoms with E-state index in [1.807, 2.05) is 30.3 Å². The van der Waals surface area contributed by atoms with Gasteiger partial charge in [-0.05, 0) is 12.1 Å². The molecule has 6 heteroatoms. The summed E-state index contributed by atoms with van der Waals surface area (Å²) >= 11 is 0. The fraction of sp³-hybridized carbons (Fsp3) is 0.200. The maximum atomic E-state index is 10.2. The van der Waals surface area contributed by atoms with Crippen molar-refractivity contribution < 1.29 is 9.53 Å². The molecular weight excluding hydrogens is 208 g/mol. The van der Waals surface area contributed by atoms with Gasteiger partial charge in [-0.3, -0.25) is 0 Å². The highest BCUT2D eigenvalue weighted by atomic mass is 16.5. The first-order valence-corrected chi connectivity index (χ1v) is 4.72. The van der Waals surface area contributed by atoms with Gasteiger partial charge in [0.2, 0.25) is 0 Å². The van der Waals surface area contributed by atoms with E-state index in [1.165, 1.54) is 0 Å². The molecule has 1 amide bonds. The van der Waals surface area contributed by atoms with Gasteiger partial charge in [-0.15, -0.1) is 0 Å². The summed E-state index contributed by atoms with van der Waals surface area (Å²) in [6.07, 6.45) is -0.815. The van der Waals surface area contributed by atoms with Gasteiger partial charge in [-0.1, -0.05) is 18.2 Å². The summed E-state index contributed by atoms with van der Waals surface area (Å²) < 4.78 is 4.49. The number of para-hydroxylation sites is 1. The molecule has 0 aliphatic heterocycles. The lowest BCUT2D eigenvalue weighted by molar-refractivity contribution is 0.160. The Labute approximate surface area is 93.3 Å². The molecule has 0 heterocycles. The summed E-state index contributed by atoms with van der Waals surface area (Å²) in [5.74, 6) is 0.263. The van der Waals surface area contributed by atoms with Gasteiger partial charge in [-0.2, -0.15) is 0 Å². The number of benzene rings is 1. The molecule has 0 saturated heterocycles. The first kappa shape index (κ1) is 11.8. The number of nitrogens with two attached hydrogens (primary N) is 2. The van der Waals surface area contributed by atoms with Crippen LogP contribution in [0.3, 0.4) is 0 Å². The average molecular weight is 222 g/mol. The molecule has 5 N–H and O–H groups in total. The summed E-state index contributed by atoms with van der Waals surface area (Å²) in [7, 11) is 0. The Hall–Kier alpha value is -2.24. The molecule has 0 radical (unpaired) electrons. The van der Waals surface area contributed by atoms with Crippen molar-refractivity contribution in [2.45, 2.75) is 0 Å². The Morgan fingerprint density at radius 1 is 1.31 bits per heavy atom. The van der Waals surface area contributed by atoms with Crippen molar-refractivity contribution in [1.82, 2.24) is 0 Å². The van der Waals surface area contributed by atoms with Gasteiger partial charge in [0.05, 0.1) is 6.54 Å². The van der Waals surface area contributed by atoms with Crippen molar-refractivity contribution in [3.8, 4) is 0 Å². The molecule has 1 aromatic carbocycles. The zero-order valence-electron chi connectivity index (χ0n) is 8.72. The quantitative estimate of drug-likeness (QED) is 0.392. The maximum Gasteiger partial charge on any atom is 0.404 e. The van der Waals surface area contributed by atoms with Crippen molar-refractivity contribution in [3.05, 3.63) is 30.3 Å². The minimum Gasteiger partial charge on any atom is -0.448 e. The van der Waals surface area contributed by atoms with E-state index in [1.54, 1.807) is 0 Å². The van der Waals surface area contributed by atoms with Gasteiger partial charge in [-0.25, -0.2) is 9.79 Å². The number of rotatable bonds is 4. The second kappa shape index (κ2) is 6.28. The number of guanidine groups is 1. The lowest BCUT2D eigenvalue weighted by atomic mass is 10.3. The highest BCUT2D eigenvalue weighted by Crippen LogP contribution is 2.03. The lowest BCUT2D eigenvalue weighted by Crippen LogP contribution is -2.24. The second-order valence-corrected chi connectivity index (χ2v) is 2.93. The van der Waals surface area contributed by atoms with Gasteiger partial charge in [0.1, 0.15) is 6.61 Å². The molecule has 86 valence electrons. The van der Waals surface area contributed by atoms with E-state index in [0.29, 0.717) is 0 Å². The van der Waals surface area contributed by atoms with Gasteiger partial charge in [0, 0.05) is 5.69 Å². The number of carbonyl (C=O) groups is 1.